The topological polar surface area (TPSA) is 99.8 Å². The monoisotopic (exact) mass is 528 g/mol. The smallest absolute Gasteiger partial charge is 0.243 e. The fourth-order valence-electron chi connectivity index (χ4n) is 6.05. The van der Waals surface area contributed by atoms with Crippen molar-refractivity contribution in [3.63, 3.8) is 0 Å². The Morgan fingerprint density at radius 3 is 2.61 bits per heavy atom. The highest BCUT2D eigenvalue weighted by molar-refractivity contribution is 5.90. The number of carbonyl (C=O) groups is 3. The maximum atomic E-state index is 13.9. The number of likely N-dealkylation sites (N-methyl/N-ethyl adjacent to an activating group) is 2. The largest absolute Gasteiger partial charge is 0.489 e. The molecule has 3 rings (SSSR count). The van der Waals surface area contributed by atoms with E-state index >= 15 is 0 Å². The number of fused-ring (bicyclic) bond motifs is 1. The molecule has 0 spiro atoms. The van der Waals surface area contributed by atoms with Gasteiger partial charge in [-0.3, -0.25) is 14.4 Å². The van der Waals surface area contributed by atoms with Gasteiger partial charge in [-0.05, 0) is 68.4 Å². The molecule has 3 unspecified atom stereocenters. The zero-order valence-corrected chi connectivity index (χ0v) is 23.8. The van der Waals surface area contributed by atoms with Gasteiger partial charge in [0, 0.05) is 26.7 Å². The first-order valence-corrected chi connectivity index (χ1v) is 14.6. The Hall–Kier alpha value is -2.61. The number of nitrogens with zero attached hydrogens (tertiary/aromatic N) is 1. The van der Waals surface area contributed by atoms with Crippen molar-refractivity contribution in [2.45, 2.75) is 96.7 Å². The van der Waals surface area contributed by atoms with Crippen LogP contribution in [0.3, 0.4) is 0 Å². The maximum Gasteiger partial charge on any atom is 0.243 e. The van der Waals surface area contributed by atoms with Crippen LogP contribution in [0.5, 0.6) is 5.75 Å². The van der Waals surface area contributed by atoms with Gasteiger partial charge >= 0.3 is 0 Å². The lowest BCUT2D eigenvalue weighted by atomic mass is 9.83. The van der Waals surface area contributed by atoms with Gasteiger partial charge in [-0.25, -0.2) is 0 Å². The molecule has 8 nitrogen and oxygen atoms in total. The van der Waals surface area contributed by atoms with Gasteiger partial charge in [0.1, 0.15) is 17.9 Å². The van der Waals surface area contributed by atoms with Gasteiger partial charge < -0.3 is 25.6 Å². The molecular weight excluding hydrogens is 480 g/mol. The molecule has 1 aliphatic carbocycles. The first kappa shape index (κ1) is 29.9. The van der Waals surface area contributed by atoms with Crippen molar-refractivity contribution in [2.75, 3.05) is 26.7 Å². The summed E-state index contributed by atoms with van der Waals surface area (Å²) in [6, 6.07) is 5.49. The first-order valence-electron chi connectivity index (χ1n) is 14.6. The first-order chi connectivity index (χ1) is 18.4. The molecule has 3 atom stereocenters. The second kappa shape index (κ2) is 15.1. The van der Waals surface area contributed by atoms with E-state index in [1.807, 2.05) is 20.8 Å². The minimum atomic E-state index is -0.496. The number of amides is 3. The van der Waals surface area contributed by atoms with E-state index in [1.54, 1.807) is 11.9 Å². The van der Waals surface area contributed by atoms with Crippen LogP contribution in [0, 0.1) is 11.8 Å². The summed E-state index contributed by atoms with van der Waals surface area (Å²) in [5, 5.41) is 9.25. The number of ether oxygens (including phenoxy) is 1. The molecule has 1 aromatic carbocycles. The van der Waals surface area contributed by atoms with E-state index in [0.29, 0.717) is 19.6 Å². The number of hydrogen-bond donors (Lipinski definition) is 3. The SMILES string of the molecule is CCNC(=O)C(C(C)C)N(C)C(=O)C(NCC1CCc2cccc(CCCNC=O)c2O1)C1CCCCC1. The third-order valence-corrected chi connectivity index (χ3v) is 8.02. The second-order valence-electron chi connectivity index (χ2n) is 11.2. The van der Waals surface area contributed by atoms with Crippen molar-refractivity contribution < 1.29 is 19.1 Å². The highest BCUT2D eigenvalue weighted by atomic mass is 16.5. The Morgan fingerprint density at radius 1 is 1.16 bits per heavy atom. The van der Waals surface area contributed by atoms with Crippen molar-refractivity contribution >= 4 is 18.2 Å². The number of aryl methyl sites for hydroxylation is 2. The molecular formula is C30H48N4O4. The Bertz CT molecular complexity index is 916. The van der Waals surface area contributed by atoms with Gasteiger partial charge in [-0.2, -0.15) is 0 Å². The average molecular weight is 529 g/mol. The zero-order valence-electron chi connectivity index (χ0n) is 23.8. The van der Waals surface area contributed by atoms with E-state index in [0.717, 1.165) is 63.5 Å². The van der Waals surface area contributed by atoms with Gasteiger partial charge in [0.2, 0.25) is 18.2 Å². The number of hydrogen-bond acceptors (Lipinski definition) is 5. The highest BCUT2D eigenvalue weighted by Crippen LogP contribution is 2.33. The summed E-state index contributed by atoms with van der Waals surface area (Å²) in [6.07, 6.45) is 9.79. The van der Waals surface area contributed by atoms with Gasteiger partial charge in [0.15, 0.2) is 0 Å². The lowest BCUT2D eigenvalue weighted by molar-refractivity contribution is -0.143. The van der Waals surface area contributed by atoms with Crippen molar-refractivity contribution in [3.05, 3.63) is 29.3 Å². The number of rotatable bonds is 14. The van der Waals surface area contributed by atoms with Crippen molar-refractivity contribution in [3.8, 4) is 5.75 Å². The lowest BCUT2D eigenvalue weighted by Gasteiger charge is -2.38. The van der Waals surface area contributed by atoms with E-state index in [-0.39, 0.29) is 35.8 Å². The molecule has 1 saturated carbocycles. The molecule has 0 aromatic heterocycles. The van der Waals surface area contributed by atoms with Gasteiger partial charge in [0.25, 0.3) is 0 Å². The fraction of sp³-hybridized carbons (Fsp3) is 0.700. The van der Waals surface area contributed by atoms with Gasteiger partial charge in [-0.1, -0.05) is 51.3 Å². The summed E-state index contributed by atoms with van der Waals surface area (Å²) in [5.41, 5.74) is 2.39. The van der Waals surface area contributed by atoms with Crippen LogP contribution in [0.1, 0.15) is 76.8 Å². The van der Waals surface area contributed by atoms with Crippen LogP contribution in [0.25, 0.3) is 0 Å². The fourth-order valence-corrected chi connectivity index (χ4v) is 6.05. The molecule has 0 saturated heterocycles. The molecule has 38 heavy (non-hydrogen) atoms. The maximum absolute atomic E-state index is 13.9. The molecule has 1 heterocycles. The Morgan fingerprint density at radius 2 is 1.92 bits per heavy atom. The summed E-state index contributed by atoms with van der Waals surface area (Å²) in [7, 11) is 1.78. The van der Waals surface area contributed by atoms with Crippen LogP contribution in [0.4, 0.5) is 0 Å². The molecule has 1 aliphatic heterocycles. The average Bonchev–Trinajstić information content (AvgIpc) is 2.91. The number of benzene rings is 1. The van der Waals surface area contributed by atoms with Crippen LogP contribution < -0.4 is 20.7 Å². The summed E-state index contributed by atoms with van der Waals surface area (Å²) in [6.45, 7) is 7.67. The third kappa shape index (κ3) is 7.95. The number of carbonyl (C=O) groups excluding carboxylic acids is 3. The quantitative estimate of drug-likeness (QED) is 0.254. The van der Waals surface area contributed by atoms with Crippen LogP contribution in [-0.2, 0) is 27.2 Å². The highest BCUT2D eigenvalue weighted by Gasteiger charge is 2.37. The molecule has 8 heteroatoms. The van der Waals surface area contributed by atoms with E-state index in [9.17, 15) is 14.4 Å². The van der Waals surface area contributed by atoms with Crippen molar-refractivity contribution in [1.82, 2.24) is 20.9 Å². The van der Waals surface area contributed by atoms with Gasteiger partial charge in [-0.15, -0.1) is 0 Å². The number of para-hydroxylation sites is 1. The molecule has 1 aromatic rings. The summed E-state index contributed by atoms with van der Waals surface area (Å²) in [4.78, 5) is 39.0. The Kier molecular flexibility index (Phi) is 11.9. The van der Waals surface area contributed by atoms with Crippen LogP contribution >= 0.6 is 0 Å². The normalized spacial score (nSPS) is 19.1. The van der Waals surface area contributed by atoms with Crippen LogP contribution in [0.15, 0.2) is 18.2 Å². The zero-order chi connectivity index (χ0) is 27.5. The lowest BCUT2D eigenvalue weighted by Crippen LogP contribution is -2.58. The summed E-state index contributed by atoms with van der Waals surface area (Å²) < 4.78 is 6.51. The summed E-state index contributed by atoms with van der Waals surface area (Å²) >= 11 is 0. The Labute approximate surface area is 228 Å². The molecule has 0 bridgehead atoms. The van der Waals surface area contributed by atoms with Crippen LogP contribution in [0.2, 0.25) is 0 Å². The van der Waals surface area contributed by atoms with Crippen molar-refractivity contribution in [1.29, 1.82) is 0 Å². The summed E-state index contributed by atoms with van der Waals surface area (Å²) in [5.74, 6) is 1.15. The molecule has 3 N–H and O–H groups in total. The Balaban J connectivity index is 1.70. The molecule has 2 aliphatic rings. The van der Waals surface area contributed by atoms with E-state index in [2.05, 4.69) is 34.1 Å². The van der Waals surface area contributed by atoms with E-state index < -0.39 is 6.04 Å². The standard InChI is InChI=1S/C30H48N4O4/c1-5-32-29(36)27(21(2)3)34(4)30(37)26(22-11-7-6-8-12-22)33-19-25-17-16-24-14-9-13-23(28(24)38-25)15-10-18-31-20-35/h9,13-14,20-22,25-27,33H,5-8,10-12,15-19H2,1-4H3,(H,31,35)(H,32,36). The van der Waals surface area contributed by atoms with E-state index in [1.165, 1.54) is 17.5 Å². The molecule has 212 valence electrons. The molecule has 1 fully saturated rings. The minimum Gasteiger partial charge on any atom is -0.489 e. The van der Waals surface area contributed by atoms with Gasteiger partial charge in [0.05, 0.1) is 6.04 Å². The van der Waals surface area contributed by atoms with E-state index in [4.69, 9.17) is 4.74 Å². The molecule has 3 amide bonds. The molecule has 0 radical (unpaired) electrons. The predicted octanol–water partition coefficient (Wildman–Crippen LogP) is 3.22. The third-order valence-electron chi connectivity index (χ3n) is 8.02. The van der Waals surface area contributed by atoms with Crippen LogP contribution in [-0.4, -0.2) is 68.0 Å². The van der Waals surface area contributed by atoms with Crippen molar-refractivity contribution in [2.24, 2.45) is 11.8 Å². The minimum absolute atomic E-state index is 0.00132. The predicted molar refractivity (Wildman–Crippen MR) is 150 cm³/mol. The second-order valence-corrected chi connectivity index (χ2v) is 11.2. The number of nitrogens with one attached hydrogen (secondary N) is 3.